The Balaban J connectivity index is 2.29. The van der Waals surface area contributed by atoms with Crippen LogP contribution in [0.2, 0.25) is 0 Å². The van der Waals surface area contributed by atoms with Crippen molar-refractivity contribution in [2.45, 2.75) is 32.1 Å². The molecule has 1 aromatic rings. The molecule has 0 radical (unpaired) electrons. The summed E-state index contributed by atoms with van der Waals surface area (Å²) in [6.07, 6.45) is 4.19. The third kappa shape index (κ3) is 2.26. The average Bonchev–Trinajstić information content (AvgIpc) is 2.33. The molecule has 0 aliphatic heterocycles. The average molecular weight is 230 g/mol. The highest BCUT2D eigenvalue weighted by Crippen LogP contribution is 2.42. The number of aliphatic carboxylic acids is 1. The van der Waals surface area contributed by atoms with Crippen LogP contribution in [0.25, 0.3) is 0 Å². The lowest BCUT2D eigenvalue weighted by Gasteiger charge is -2.35. The highest BCUT2D eigenvalue weighted by atomic mass is 16.4. The Kier molecular flexibility index (Phi) is 3.32. The molecule has 1 N–H and O–H groups in total. The van der Waals surface area contributed by atoms with Gasteiger partial charge >= 0.3 is 5.97 Å². The third-order valence-electron chi connectivity index (χ3n) is 3.77. The van der Waals surface area contributed by atoms with Crippen LogP contribution in [0.15, 0.2) is 42.5 Å². The minimum absolute atomic E-state index is 0.571. The molecule has 0 heterocycles. The fourth-order valence-corrected chi connectivity index (χ4v) is 2.67. The van der Waals surface area contributed by atoms with Gasteiger partial charge in [-0.1, -0.05) is 48.9 Å². The highest BCUT2D eigenvalue weighted by molar-refractivity contribution is 5.79. The van der Waals surface area contributed by atoms with Crippen molar-refractivity contribution >= 4 is 5.97 Å². The Bertz CT molecular complexity index is 422. The van der Waals surface area contributed by atoms with E-state index in [-0.39, 0.29) is 0 Å². The van der Waals surface area contributed by atoms with Gasteiger partial charge in [-0.05, 0) is 31.2 Å². The minimum atomic E-state index is -0.737. The van der Waals surface area contributed by atoms with Crippen LogP contribution in [0.3, 0.4) is 0 Å². The van der Waals surface area contributed by atoms with Gasteiger partial charge in [-0.25, -0.2) is 0 Å². The molecular formula is C15H18O2. The summed E-state index contributed by atoms with van der Waals surface area (Å²) in [5, 5.41) is 9.56. The normalized spacial score (nSPS) is 24.6. The van der Waals surface area contributed by atoms with E-state index in [4.69, 9.17) is 0 Å². The van der Waals surface area contributed by atoms with E-state index < -0.39 is 11.4 Å². The summed E-state index contributed by atoms with van der Waals surface area (Å²) in [5.41, 5.74) is 1.23. The summed E-state index contributed by atoms with van der Waals surface area (Å²) < 4.78 is 0. The Morgan fingerprint density at radius 1 is 1.29 bits per heavy atom. The number of benzene rings is 1. The molecule has 90 valence electrons. The van der Waals surface area contributed by atoms with Gasteiger partial charge in [-0.2, -0.15) is 0 Å². The smallest absolute Gasteiger partial charge is 0.314 e. The van der Waals surface area contributed by atoms with Crippen molar-refractivity contribution in [3.05, 3.63) is 48.0 Å². The largest absolute Gasteiger partial charge is 0.481 e. The van der Waals surface area contributed by atoms with Crippen molar-refractivity contribution in [3.8, 4) is 0 Å². The molecule has 1 unspecified atom stereocenters. The van der Waals surface area contributed by atoms with Gasteiger partial charge < -0.3 is 5.11 Å². The van der Waals surface area contributed by atoms with E-state index in [9.17, 15) is 9.90 Å². The summed E-state index contributed by atoms with van der Waals surface area (Å²) in [5.74, 6) is -0.717. The molecule has 0 spiro atoms. The minimum Gasteiger partial charge on any atom is -0.481 e. The molecule has 17 heavy (non-hydrogen) atoms. The van der Waals surface area contributed by atoms with Crippen molar-refractivity contribution in [3.63, 3.8) is 0 Å². The summed E-state index contributed by atoms with van der Waals surface area (Å²) in [7, 11) is 0. The van der Waals surface area contributed by atoms with E-state index in [0.717, 1.165) is 36.8 Å². The lowest BCUT2D eigenvalue weighted by atomic mass is 9.67. The van der Waals surface area contributed by atoms with Crippen LogP contribution in [-0.2, 0) is 11.2 Å². The quantitative estimate of drug-likeness (QED) is 0.808. The molecule has 0 aromatic heterocycles. The van der Waals surface area contributed by atoms with Crippen molar-refractivity contribution in [2.75, 3.05) is 0 Å². The number of hydrogen-bond acceptors (Lipinski definition) is 1. The first-order chi connectivity index (χ1) is 8.15. The van der Waals surface area contributed by atoms with Crippen molar-refractivity contribution in [1.29, 1.82) is 0 Å². The van der Waals surface area contributed by atoms with Gasteiger partial charge in [0.15, 0.2) is 0 Å². The van der Waals surface area contributed by atoms with Gasteiger partial charge in [-0.15, -0.1) is 0 Å². The van der Waals surface area contributed by atoms with Crippen molar-refractivity contribution in [2.24, 2.45) is 5.41 Å². The zero-order valence-electron chi connectivity index (χ0n) is 9.98. The molecule has 1 aliphatic carbocycles. The predicted octanol–water partition coefficient (Wildman–Crippen LogP) is 3.43. The van der Waals surface area contributed by atoms with Crippen molar-refractivity contribution < 1.29 is 9.90 Å². The van der Waals surface area contributed by atoms with E-state index in [1.54, 1.807) is 0 Å². The van der Waals surface area contributed by atoms with Gasteiger partial charge in [0.25, 0.3) is 0 Å². The molecule has 1 atom stereocenters. The van der Waals surface area contributed by atoms with Crippen LogP contribution in [-0.4, -0.2) is 11.1 Å². The first kappa shape index (κ1) is 11.9. The second-order valence-electron chi connectivity index (χ2n) is 4.86. The van der Waals surface area contributed by atoms with Gasteiger partial charge in [-0.3, -0.25) is 4.79 Å². The van der Waals surface area contributed by atoms with Crippen LogP contribution in [0.4, 0.5) is 0 Å². The Hall–Kier alpha value is -1.57. The molecule has 0 bridgehead atoms. The van der Waals surface area contributed by atoms with E-state index in [1.165, 1.54) is 0 Å². The Morgan fingerprint density at radius 3 is 2.59 bits per heavy atom. The molecule has 1 saturated carbocycles. The van der Waals surface area contributed by atoms with Gasteiger partial charge in [0.05, 0.1) is 5.41 Å². The fourth-order valence-electron chi connectivity index (χ4n) is 2.67. The summed E-state index contributed by atoms with van der Waals surface area (Å²) in [6, 6.07) is 9.85. The fraction of sp³-hybridized carbons (Fsp3) is 0.400. The molecule has 0 saturated heterocycles. The van der Waals surface area contributed by atoms with Gasteiger partial charge in [0.1, 0.15) is 0 Å². The van der Waals surface area contributed by atoms with Crippen LogP contribution in [0, 0.1) is 5.41 Å². The van der Waals surface area contributed by atoms with Gasteiger partial charge in [0.2, 0.25) is 0 Å². The molecule has 1 aromatic carbocycles. The first-order valence-electron chi connectivity index (χ1n) is 6.11. The number of carboxylic acid groups (broad SMARTS) is 1. The van der Waals surface area contributed by atoms with E-state index in [2.05, 4.69) is 6.58 Å². The molecule has 1 fully saturated rings. The highest BCUT2D eigenvalue weighted by Gasteiger charge is 2.42. The molecule has 0 amide bonds. The summed E-state index contributed by atoms with van der Waals surface area (Å²) in [4.78, 5) is 11.6. The van der Waals surface area contributed by atoms with Crippen LogP contribution in [0.5, 0.6) is 0 Å². The topological polar surface area (TPSA) is 37.3 Å². The zero-order valence-corrected chi connectivity index (χ0v) is 9.98. The van der Waals surface area contributed by atoms with Crippen LogP contribution < -0.4 is 0 Å². The van der Waals surface area contributed by atoms with E-state index >= 15 is 0 Å². The number of carbonyl (C=O) groups is 1. The number of carboxylic acids is 1. The standard InChI is InChI=1S/C15H18O2/c1-12-7-5-6-10-15(12,14(16)17)11-13-8-3-2-4-9-13/h2-4,8-9H,1,5-7,10-11H2,(H,16,17). The van der Waals surface area contributed by atoms with Gasteiger partial charge in [0, 0.05) is 0 Å². The Morgan fingerprint density at radius 2 is 2.00 bits per heavy atom. The SMILES string of the molecule is C=C1CCCCC1(Cc1ccccc1)C(=O)O. The summed E-state index contributed by atoms with van der Waals surface area (Å²) in [6.45, 7) is 4.00. The molecule has 2 heteroatoms. The Labute approximate surface area is 102 Å². The first-order valence-corrected chi connectivity index (χ1v) is 6.11. The molecular weight excluding hydrogens is 212 g/mol. The monoisotopic (exact) mass is 230 g/mol. The van der Waals surface area contributed by atoms with E-state index in [0.29, 0.717) is 6.42 Å². The molecule has 2 nitrogen and oxygen atoms in total. The second-order valence-corrected chi connectivity index (χ2v) is 4.86. The maximum Gasteiger partial charge on any atom is 0.314 e. The summed E-state index contributed by atoms with van der Waals surface area (Å²) >= 11 is 0. The second kappa shape index (κ2) is 4.74. The van der Waals surface area contributed by atoms with E-state index in [1.807, 2.05) is 30.3 Å². The zero-order chi connectivity index (χ0) is 12.3. The predicted molar refractivity (Wildman–Crippen MR) is 67.8 cm³/mol. The lowest BCUT2D eigenvalue weighted by Crippen LogP contribution is -2.37. The van der Waals surface area contributed by atoms with Crippen LogP contribution in [0.1, 0.15) is 31.2 Å². The third-order valence-corrected chi connectivity index (χ3v) is 3.77. The maximum atomic E-state index is 11.6. The molecule has 1 aliphatic rings. The number of hydrogen-bond donors (Lipinski definition) is 1. The molecule has 2 rings (SSSR count). The number of rotatable bonds is 3. The van der Waals surface area contributed by atoms with Crippen molar-refractivity contribution in [1.82, 2.24) is 0 Å². The maximum absolute atomic E-state index is 11.6. The van der Waals surface area contributed by atoms with Crippen LogP contribution >= 0.6 is 0 Å². The lowest BCUT2D eigenvalue weighted by molar-refractivity contribution is -0.147.